The molecule has 3 rings (SSSR count). The van der Waals surface area contributed by atoms with Crippen molar-refractivity contribution in [3.8, 4) is 0 Å². The molecular formula is C18H14N2O. The first-order valence-corrected chi connectivity index (χ1v) is 6.73. The van der Waals surface area contributed by atoms with Crippen molar-refractivity contribution in [3.63, 3.8) is 0 Å². The van der Waals surface area contributed by atoms with Gasteiger partial charge in [0.05, 0.1) is 5.52 Å². The molecule has 0 N–H and O–H groups in total. The summed E-state index contributed by atoms with van der Waals surface area (Å²) in [6.45, 7) is 1.85. The molecule has 102 valence electrons. The van der Waals surface area contributed by atoms with E-state index in [1.54, 1.807) is 18.3 Å². The van der Waals surface area contributed by atoms with E-state index in [0.717, 1.165) is 22.3 Å². The van der Waals surface area contributed by atoms with E-state index in [9.17, 15) is 4.79 Å². The molecule has 0 saturated heterocycles. The number of aryl methyl sites for hydroxylation is 1. The van der Waals surface area contributed by atoms with Gasteiger partial charge in [-0.05, 0) is 36.8 Å². The van der Waals surface area contributed by atoms with Gasteiger partial charge < -0.3 is 0 Å². The summed E-state index contributed by atoms with van der Waals surface area (Å²) in [7, 11) is 0. The average molecular weight is 274 g/mol. The number of allylic oxidation sites excluding steroid dienone is 1. The number of rotatable bonds is 3. The van der Waals surface area contributed by atoms with Crippen LogP contribution >= 0.6 is 0 Å². The smallest absolute Gasteiger partial charge is 0.185 e. The van der Waals surface area contributed by atoms with Crippen molar-refractivity contribution in [2.24, 2.45) is 0 Å². The molecule has 1 heterocycles. The number of hydrogen-bond acceptors (Lipinski definition) is 3. The summed E-state index contributed by atoms with van der Waals surface area (Å²) in [5, 5.41) is 0.875. The van der Waals surface area contributed by atoms with Crippen LogP contribution in [0, 0.1) is 6.92 Å². The van der Waals surface area contributed by atoms with Crippen LogP contribution in [0.3, 0.4) is 0 Å². The first kappa shape index (κ1) is 13.2. The first-order chi connectivity index (χ1) is 10.2. The quantitative estimate of drug-likeness (QED) is 0.538. The number of carbonyl (C=O) groups excluding carboxylic acids is 1. The molecule has 3 nitrogen and oxygen atoms in total. The highest BCUT2D eigenvalue weighted by atomic mass is 16.1. The lowest BCUT2D eigenvalue weighted by atomic mass is 10.1. The second kappa shape index (κ2) is 5.67. The normalized spacial score (nSPS) is 11.1. The van der Waals surface area contributed by atoms with Gasteiger partial charge in [-0.2, -0.15) is 0 Å². The second-order valence-electron chi connectivity index (χ2n) is 4.80. The predicted molar refractivity (Wildman–Crippen MR) is 84.1 cm³/mol. The van der Waals surface area contributed by atoms with Crippen molar-refractivity contribution in [2.45, 2.75) is 6.92 Å². The van der Waals surface area contributed by atoms with Crippen LogP contribution in [-0.4, -0.2) is 15.8 Å². The first-order valence-electron chi connectivity index (χ1n) is 6.73. The van der Waals surface area contributed by atoms with Crippen LogP contribution in [0.25, 0.3) is 17.0 Å². The Bertz CT molecular complexity index is 823. The lowest BCUT2D eigenvalue weighted by Gasteiger charge is -2.01. The van der Waals surface area contributed by atoms with Crippen LogP contribution in [-0.2, 0) is 0 Å². The maximum atomic E-state index is 12.2. The van der Waals surface area contributed by atoms with Crippen molar-refractivity contribution in [3.05, 3.63) is 77.8 Å². The third-order valence-electron chi connectivity index (χ3n) is 3.21. The van der Waals surface area contributed by atoms with E-state index in [4.69, 9.17) is 0 Å². The average Bonchev–Trinajstić information content (AvgIpc) is 2.53. The fourth-order valence-corrected chi connectivity index (χ4v) is 2.11. The largest absolute Gasteiger partial charge is 0.289 e. The Morgan fingerprint density at radius 1 is 1.10 bits per heavy atom. The second-order valence-corrected chi connectivity index (χ2v) is 4.80. The molecule has 0 atom stereocenters. The minimum absolute atomic E-state index is 0.0265. The van der Waals surface area contributed by atoms with Crippen molar-refractivity contribution >= 4 is 22.8 Å². The van der Waals surface area contributed by atoms with Gasteiger partial charge in [0.1, 0.15) is 5.82 Å². The van der Waals surface area contributed by atoms with Gasteiger partial charge in [-0.3, -0.25) is 4.79 Å². The zero-order valence-corrected chi connectivity index (χ0v) is 11.7. The third-order valence-corrected chi connectivity index (χ3v) is 3.21. The molecule has 0 saturated carbocycles. The molecular weight excluding hydrogens is 260 g/mol. The topological polar surface area (TPSA) is 42.9 Å². The molecule has 21 heavy (non-hydrogen) atoms. The number of carbonyl (C=O) groups is 1. The molecule has 0 amide bonds. The molecule has 0 spiro atoms. The molecule has 0 bridgehead atoms. The number of aromatic nitrogens is 2. The number of nitrogens with zero attached hydrogens (tertiary/aromatic N) is 2. The van der Waals surface area contributed by atoms with Crippen LogP contribution in [0.1, 0.15) is 21.7 Å². The minimum atomic E-state index is -0.0265. The minimum Gasteiger partial charge on any atom is -0.289 e. The van der Waals surface area contributed by atoms with E-state index in [-0.39, 0.29) is 5.78 Å². The molecule has 0 unspecified atom stereocenters. The number of hydrogen-bond donors (Lipinski definition) is 0. The summed E-state index contributed by atoms with van der Waals surface area (Å²) >= 11 is 0. The monoisotopic (exact) mass is 274 g/mol. The summed E-state index contributed by atoms with van der Waals surface area (Å²) in [5.41, 5.74) is 2.50. The molecule has 2 aromatic carbocycles. The van der Waals surface area contributed by atoms with E-state index in [1.165, 1.54) is 0 Å². The SMILES string of the molecule is Cc1ncc2cc(C(=O)/C=C/c3ccccc3)ccc2n1. The van der Waals surface area contributed by atoms with Gasteiger partial charge in [0, 0.05) is 17.1 Å². The van der Waals surface area contributed by atoms with Crippen LogP contribution in [0.5, 0.6) is 0 Å². The fourth-order valence-electron chi connectivity index (χ4n) is 2.11. The van der Waals surface area contributed by atoms with E-state index < -0.39 is 0 Å². The maximum Gasteiger partial charge on any atom is 0.185 e. The summed E-state index contributed by atoms with van der Waals surface area (Å²) < 4.78 is 0. The van der Waals surface area contributed by atoms with Gasteiger partial charge in [0.25, 0.3) is 0 Å². The van der Waals surface area contributed by atoms with Crippen LogP contribution < -0.4 is 0 Å². The molecule has 0 fully saturated rings. The van der Waals surface area contributed by atoms with Crippen LogP contribution in [0.4, 0.5) is 0 Å². The Hall–Kier alpha value is -2.81. The van der Waals surface area contributed by atoms with Crippen molar-refractivity contribution in [2.75, 3.05) is 0 Å². The lowest BCUT2D eigenvalue weighted by molar-refractivity contribution is 0.104. The zero-order chi connectivity index (χ0) is 14.7. The number of fused-ring (bicyclic) bond motifs is 1. The summed E-state index contributed by atoms with van der Waals surface area (Å²) in [6, 6.07) is 15.2. The zero-order valence-electron chi connectivity index (χ0n) is 11.7. The molecule has 0 radical (unpaired) electrons. The Morgan fingerprint density at radius 2 is 1.90 bits per heavy atom. The summed E-state index contributed by atoms with van der Waals surface area (Å²) in [6.07, 6.45) is 5.15. The van der Waals surface area contributed by atoms with E-state index in [0.29, 0.717) is 5.56 Å². The summed E-state index contributed by atoms with van der Waals surface area (Å²) in [4.78, 5) is 20.7. The van der Waals surface area contributed by atoms with Gasteiger partial charge >= 0.3 is 0 Å². The molecule has 0 aliphatic heterocycles. The van der Waals surface area contributed by atoms with E-state index in [2.05, 4.69) is 9.97 Å². The molecule has 0 aliphatic rings. The van der Waals surface area contributed by atoms with Gasteiger partial charge in [0.2, 0.25) is 0 Å². The van der Waals surface area contributed by atoms with Crippen LogP contribution in [0.2, 0.25) is 0 Å². The van der Waals surface area contributed by atoms with Crippen molar-refractivity contribution in [1.29, 1.82) is 0 Å². The highest BCUT2D eigenvalue weighted by Gasteiger charge is 2.04. The molecule has 1 aromatic heterocycles. The number of benzene rings is 2. The van der Waals surface area contributed by atoms with E-state index >= 15 is 0 Å². The number of ketones is 1. The molecule has 0 aliphatic carbocycles. The Morgan fingerprint density at radius 3 is 2.71 bits per heavy atom. The Balaban J connectivity index is 1.88. The maximum absolute atomic E-state index is 12.2. The Kier molecular flexibility index (Phi) is 3.56. The fraction of sp³-hybridized carbons (Fsp3) is 0.0556. The molecule has 3 aromatic rings. The van der Waals surface area contributed by atoms with Crippen molar-refractivity contribution in [1.82, 2.24) is 9.97 Å². The molecule has 3 heteroatoms. The van der Waals surface area contributed by atoms with Gasteiger partial charge in [0.15, 0.2) is 5.78 Å². The predicted octanol–water partition coefficient (Wildman–Crippen LogP) is 3.83. The summed E-state index contributed by atoms with van der Waals surface area (Å²) in [5.74, 6) is 0.701. The standard InChI is InChI=1S/C18H14N2O/c1-13-19-12-16-11-15(8-9-17(16)20-13)18(21)10-7-14-5-3-2-4-6-14/h2-12H,1H3/b10-7+. The Labute approximate surface area is 123 Å². The van der Waals surface area contributed by atoms with Gasteiger partial charge in [-0.1, -0.05) is 36.4 Å². The highest BCUT2D eigenvalue weighted by molar-refractivity contribution is 6.08. The van der Waals surface area contributed by atoms with E-state index in [1.807, 2.05) is 55.5 Å². The van der Waals surface area contributed by atoms with Gasteiger partial charge in [-0.15, -0.1) is 0 Å². The highest BCUT2D eigenvalue weighted by Crippen LogP contribution is 2.14. The third kappa shape index (κ3) is 3.03. The van der Waals surface area contributed by atoms with Gasteiger partial charge in [-0.25, -0.2) is 9.97 Å². The van der Waals surface area contributed by atoms with Crippen LogP contribution in [0.15, 0.2) is 60.8 Å². The lowest BCUT2D eigenvalue weighted by Crippen LogP contribution is -1.95. The van der Waals surface area contributed by atoms with Crippen molar-refractivity contribution < 1.29 is 4.79 Å².